The third kappa shape index (κ3) is 4.86. The molecule has 2 aromatic heterocycles. The van der Waals surface area contributed by atoms with Gasteiger partial charge in [0.05, 0.1) is 24.3 Å². The van der Waals surface area contributed by atoms with E-state index in [9.17, 15) is 4.79 Å². The molecule has 2 heterocycles. The molecule has 26 heavy (non-hydrogen) atoms. The minimum atomic E-state index is 0.0272. The number of methoxy groups -OCH3 is 1. The van der Waals surface area contributed by atoms with Gasteiger partial charge in [0, 0.05) is 12.8 Å². The third-order valence-electron chi connectivity index (χ3n) is 3.66. The zero-order valence-electron chi connectivity index (χ0n) is 14.5. The fraction of sp³-hybridized carbons (Fsp3) is 0.278. The van der Waals surface area contributed by atoms with Crippen molar-refractivity contribution in [2.75, 3.05) is 19.9 Å². The lowest BCUT2D eigenvalue weighted by Gasteiger charge is -2.14. The lowest BCUT2D eigenvalue weighted by molar-refractivity contribution is -0.127. The molecular weight excluding hydrogens is 370 g/mol. The van der Waals surface area contributed by atoms with Crippen LogP contribution in [-0.4, -0.2) is 40.9 Å². The van der Waals surface area contributed by atoms with Crippen LogP contribution < -0.4 is 4.74 Å². The molecule has 0 aliphatic heterocycles. The average Bonchev–Trinajstić information content (AvgIpc) is 3.33. The second-order valence-corrected chi connectivity index (χ2v) is 7.51. The van der Waals surface area contributed by atoms with Crippen LogP contribution in [0, 0.1) is 0 Å². The molecule has 0 bridgehead atoms. The highest BCUT2D eigenvalue weighted by Crippen LogP contribution is 2.22. The largest absolute Gasteiger partial charge is 0.497 e. The van der Waals surface area contributed by atoms with E-state index in [1.165, 1.54) is 0 Å². The summed E-state index contributed by atoms with van der Waals surface area (Å²) in [5.41, 5.74) is 1.16. The molecular formula is C18H19N3O3S2. The second kappa shape index (κ2) is 8.86. The van der Waals surface area contributed by atoms with Crippen LogP contribution in [0.3, 0.4) is 0 Å². The van der Waals surface area contributed by atoms with E-state index in [4.69, 9.17) is 9.26 Å². The number of aromatic nitrogens is 2. The molecule has 0 N–H and O–H groups in total. The van der Waals surface area contributed by atoms with E-state index in [1.807, 2.05) is 41.8 Å². The van der Waals surface area contributed by atoms with E-state index >= 15 is 0 Å². The highest BCUT2D eigenvalue weighted by atomic mass is 32.2. The molecule has 3 rings (SSSR count). The third-order valence-corrected chi connectivity index (χ3v) is 5.52. The molecule has 0 aliphatic rings. The first kappa shape index (κ1) is 18.5. The van der Waals surface area contributed by atoms with E-state index in [-0.39, 0.29) is 5.91 Å². The lowest BCUT2D eigenvalue weighted by Crippen LogP contribution is -2.28. The first-order chi connectivity index (χ1) is 12.7. The highest BCUT2D eigenvalue weighted by molar-refractivity contribution is 7.99. The van der Waals surface area contributed by atoms with Gasteiger partial charge in [-0.2, -0.15) is 4.98 Å². The van der Waals surface area contributed by atoms with Crippen LogP contribution in [0.25, 0.3) is 10.7 Å². The predicted molar refractivity (Wildman–Crippen MR) is 103 cm³/mol. The Morgan fingerprint density at radius 1 is 1.31 bits per heavy atom. The number of thiophene rings is 1. The molecule has 0 unspecified atom stereocenters. The number of ether oxygens (including phenoxy) is 1. The quantitative estimate of drug-likeness (QED) is 0.585. The van der Waals surface area contributed by atoms with Gasteiger partial charge in [0.25, 0.3) is 0 Å². The van der Waals surface area contributed by atoms with Crippen molar-refractivity contribution in [3.8, 4) is 16.5 Å². The Labute approximate surface area is 160 Å². The van der Waals surface area contributed by atoms with Crippen LogP contribution >= 0.6 is 23.1 Å². The van der Waals surface area contributed by atoms with E-state index in [2.05, 4.69) is 10.1 Å². The molecule has 0 spiro atoms. The van der Waals surface area contributed by atoms with Gasteiger partial charge in [-0.3, -0.25) is 4.79 Å². The Balaban J connectivity index is 1.45. The molecule has 136 valence electrons. The molecule has 1 aromatic carbocycles. The lowest BCUT2D eigenvalue weighted by atomic mass is 10.2. The first-order valence-corrected chi connectivity index (χ1v) is 10.00. The minimum Gasteiger partial charge on any atom is -0.497 e. The molecule has 0 saturated carbocycles. The molecule has 0 atom stereocenters. The fourth-order valence-electron chi connectivity index (χ4n) is 2.20. The first-order valence-electron chi connectivity index (χ1n) is 7.97. The van der Waals surface area contributed by atoms with Crippen molar-refractivity contribution < 1.29 is 14.1 Å². The molecule has 6 nitrogen and oxygen atoms in total. The van der Waals surface area contributed by atoms with E-state index in [0.29, 0.717) is 24.0 Å². The van der Waals surface area contributed by atoms with Gasteiger partial charge in [-0.15, -0.1) is 23.1 Å². The fourth-order valence-corrected chi connectivity index (χ4v) is 3.78. The van der Waals surface area contributed by atoms with Crippen molar-refractivity contribution in [2.24, 2.45) is 0 Å². The van der Waals surface area contributed by atoms with Crippen LogP contribution in [0.2, 0.25) is 0 Å². The molecule has 0 saturated heterocycles. The summed E-state index contributed by atoms with van der Waals surface area (Å²) < 4.78 is 10.4. The maximum Gasteiger partial charge on any atom is 0.246 e. The van der Waals surface area contributed by atoms with E-state index < -0.39 is 0 Å². The van der Waals surface area contributed by atoms with Crippen molar-refractivity contribution in [3.63, 3.8) is 0 Å². The normalized spacial score (nSPS) is 10.7. The zero-order chi connectivity index (χ0) is 18.4. The SMILES string of the molecule is COc1ccc(CSCC(=O)N(C)Cc2nc(-c3cccs3)no2)cc1. The van der Waals surface area contributed by atoms with Crippen molar-refractivity contribution in [1.82, 2.24) is 15.0 Å². The Hall–Kier alpha value is -2.32. The smallest absolute Gasteiger partial charge is 0.246 e. The van der Waals surface area contributed by atoms with Crippen molar-refractivity contribution in [2.45, 2.75) is 12.3 Å². The van der Waals surface area contributed by atoms with Crippen molar-refractivity contribution in [3.05, 3.63) is 53.2 Å². The molecule has 0 aliphatic carbocycles. The van der Waals surface area contributed by atoms with Gasteiger partial charge in [-0.1, -0.05) is 23.4 Å². The topological polar surface area (TPSA) is 68.5 Å². The average molecular weight is 390 g/mol. The summed E-state index contributed by atoms with van der Waals surface area (Å²) in [6, 6.07) is 11.7. The summed E-state index contributed by atoms with van der Waals surface area (Å²) >= 11 is 3.12. The molecule has 0 radical (unpaired) electrons. The van der Waals surface area contributed by atoms with Crippen molar-refractivity contribution >= 4 is 29.0 Å². The van der Waals surface area contributed by atoms with E-state index in [1.54, 1.807) is 42.2 Å². The Bertz CT molecular complexity index is 832. The number of rotatable bonds is 8. The van der Waals surface area contributed by atoms with Crippen LogP contribution in [0.15, 0.2) is 46.3 Å². The van der Waals surface area contributed by atoms with E-state index in [0.717, 1.165) is 21.9 Å². The maximum absolute atomic E-state index is 12.3. The number of amides is 1. The number of carbonyl (C=O) groups excluding carboxylic acids is 1. The summed E-state index contributed by atoms with van der Waals surface area (Å²) in [7, 11) is 3.39. The van der Waals surface area contributed by atoms with Gasteiger partial charge in [-0.05, 0) is 29.1 Å². The summed E-state index contributed by atoms with van der Waals surface area (Å²) in [5, 5.41) is 5.92. The molecule has 0 fully saturated rings. The number of nitrogens with zero attached hydrogens (tertiary/aromatic N) is 3. The van der Waals surface area contributed by atoms with Gasteiger partial charge >= 0.3 is 0 Å². The molecule has 1 amide bonds. The van der Waals surface area contributed by atoms with Crippen molar-refractivity contribution in [1.29, 1.82) is 0 Å². The summed E-state index contributed by atoms with van der Waals surface area (Å²) in [6.45, 7) is 0.306. The summed E-state index contributed by atoms with van der Waals surface area (Å²) in [4.78, 5) is 19.2. The van der Waals surface area contributed by atoms with Gasteiger partial charge in [0.15, 0.2) is 0 Å². The summed E-state index contributed by atoms with van der Waals surface area (Å²) in [6.07, 6.45) is 0. The molecule has 8 heteroatoms. The zero-order valence-corrected chi connectivity index (χ0v) is 16.2. The number of thioether (sulfide) groups is 1. The highest BCUT2D eigenvalue weighted by Gasteiger charge is 2.15. The Morgan fingerprint density at radius 2 is 2.12 bits per heavy atom. The van der Waals surface area contributed by atoms with Gasteiger partial charge in [0.1, 0.15) is 5.75 Å². The Kier molecular flexibility index (Phi) is 6.30. The van der Waals surface area contributed by atoms with Crippen LogP contribution in [-0.2, 0) is 17.1 Å². The van der Waals surface area contributed by atoms with Crippen LogP contribution in [0.1, 0.15) is 11.5 Å². The second-order valence-electron chi connectivity index (χ2n) is 5.58. The number of carbonyl (C=O) groups is 1. The maximum atomic E-state index is 12.3. The number of hydrogen-bond acceptors (Lipinski definition) is 7. The standard InChI is InChI=1S/C18H19N3O3S2/c1-21(10-16-19-18(20-24-16)15-4-3-9-26-15)17(22)12-25-11-13-5-7-14(23-2)8-6-13/h3-9H,10-12H2,1-2H3. The molecule has 3 aromatic rings. The van der Waals surface area contributed by atoms with Gasteiger partial charge in [-0.25, -0.2) is 0 Å². The minimum absolute atomic E-state index is 0.0272. The number of hydrogen-bond donors (Lipinski definition) is 0. The predicted octanol–water partition coefficient (Wildman–Crippen LogP) is 3.70. The van der Waals surface area contributed by atoms with Gasteiger partial charge in [0.2, 0.25) is 17.6 Å². The van der Waals surface area contributed by atoms with Gasteiger partial charge < -0.3 is 14.2 Å². The Morgan fingerprint density at radius 3 is 2.81 bits per heavy atom. The van der Waals surface area contributed by atoms with Crippen LogP contribution in [0.5, 0.6) is 5.75 Å². The van der Waals surface area contributed by atoms with Crippen LogP contribution in [0.4, 0.5) is 0 Å². The summed E-state index contributed by atoms with van der Waals surface area (Å²) in [5.74, 6) is 3.02. The number of benzene rings is 1. The monoisotopic (exact) mass is 389 g/mol.